The highest BCUT2D eigenvalue weighted by Gasteiger charge is 2.16. The summed E-state index contributed by atoms with van der Waals surface area (Å²) in [4.78, 5) is 14.3. The molecule has 1 heterocycles. The van der Waals surface area contributed by atoms with Crippen LogP contribution in [0.1, 0.15) is 12.5 Å². The van der Waals surface area contributed by atoms with Gasteiger partial charge in [0.25, 0.3) is 0 Å². The van der Waals surface area contributed by atoms with Gasteiger partial charge >= 0.3 is 6.03 Å². The van der Waals surface area contributed by atoms with Crippen molar-refractivity contribution in [1.82, 2.24) is 10.2 Å². The summed E-state index contributed by atoms with van der Waals surface area (Å²) in [5, 5.41) is 6.31. The second-order valence-corrected chi connectivity index (χ2v) is 5.75. The van der Waals surface area contributed by atoms with Crippen LogP contribution < -0.4 is 10.6 Å². The van der Waals surface area contributed by atoms with Crippen LogP contribution >= 0.6 is 11.6 Å². The molecule has 1 aliphatic rings. The molecule has 5 nitrogen and oxygen atoms in total. The lowest BCUT2D eigenvalue weighted by Crippen LogP contribution is -2.47. The van der Waals surface area contributed by atoms with Gasteiger partial charge in [-0.25, -0.2) is 4.79 Å². The lowest BCUT2D eigenvalue weighted by molar-refractivity contribution is 0.0350. The zero-order chi connectivity index (χ0) is 15.2. The first-order valence-corrected chi connectivity index (χ1v) is 7.57. The van der Waals surface area contributed by atoms with Crippen LogP contribution in [0.25, 0.3) is 0 Å². The fraction of sp³-hybridized carbons (Fsp3) is 0.533. The smallest absolute Gasteiger partial charge is 0.319 e. The minimum absolute atomic E-state index is 0.0610. The monoisotopic (exact) mass is 311 g/mol. The zero-order valence-corrected chi connectivity index (χ0v) is 13.2. The number of rotatable bonds is 4. The van der Waals surface area contributed by atoms with Gasteiger partial charge in [-0.2, -0.15) is 0 Å². The SMILES string of the molecule is Cc1cccc(Cl)c1NC(=O)N[C@H](C)CN1CCOCC1. The molecule has 2 N–H and O–H groups in total. The Bertz CT molecular complexity index is 470. The molecule has 2 rings (SSSR count). The van der Waals surface area contributed by atoms with E-state index in [0.717, 1.165) is 38.4 Å². The lowest BCUT2D eigenvalue weighted by atomic mass is 10.2. The normalized spacial score (nSPS) is 17.3. The van der Waals surface area contributed by atoms with Gasteiger partial charge in [0.2, 0.25) is 0 Å². The minimum Gasteiger partial charge on any atom is -0.379 e. The number of nitrogens with zero attached hydrogens (tertiary/aromatic N) is 1. The van der Waals surface area contributed by atoms with Gasteiger partial charge in [0.15, 0.2) is 0 Å². The van der Waals surface area contributed by atoms with Crippen LogP contribution in [0.15, 0.2) is 18.2 Å². The number of carbonyl (C=O) groups is 1. The van der Waals surface area contributed by atoms with E-state index in [2.05, 4.69) is 15.5 Å². The number of nitrogens with one attached hydrogen (secondary N) is 2. The molecule has 1 fully saturated rings. The second-order valence-electron chi connectivity index (χ2n) is 5.34. The number of ether oxygens (including phenoxy) is 1. The van der Waals surface area contributed by atoms with E-state index in [4.69, 9.17) is 16.3 Å². The summed E-state index contributed by atoms with van der Waals surface area (Å²) >= 11 is 6.10. The van der Waals surface area contributed by atoms with Gasteiger partial charge in [-0.15, -0.1) is 0 Å². The number of amides is 2. The maximum atomic E-state index is 12.0. The first-order valence-electron chi connectivity index (χ1n) is 7.19. The van der Waals surface area contributed by atoms with Crippen LogP contribution in [-0.2, 0) is 4.74 Å². The van der Waals surface area contributed by atoms with E-state index in [1.807, 2.05) is 26.0 Å². The van der Waals surface area contributed by atoms with Gasteiger partial charge < -0.3 is 15.4 Å². The number of hydrogen-bond acceptors (Lipinski definition) is 3. The average Bonchev–Trinajstić information content (AvgIpc) is 2.44. The van der Waals surface area contributed by atoms with Crippen molar-refractivity contribution in [1.29, 1.82) is 0 Å². The Labute approximate surface area is 130 Å². The summed E-state index contributed by atoms with van der Waals surface area (Å²) in [6.07, 6.45) is 0. The Morgan fingerprint density at radius 3 is 2.81 bits per heavy atom. The van der Waals surface area contributed by atoms with Crippen LogP contribution in [-0.4, -0.2) is 49.8 Å². The van der Waals surface area contributed by atoms with E-state index in [1.54, 1.807) is 6.07 Å². The number of aryl methyl sites for hydroxylation is 1. The quantitative estimate of drug-likeness (QED) is 0.898. The van der Waals surface area contributed by atoms with Crippen molar-refractivity contribution < 1.29 is 9.53 Å². The molecule has 0 unspecified atom stereocenters. The van der Waals surface area contributed by atoms with E-state index in [-0.39, 0.29) is 12.1 Å². The number of para-hydroxylation sites is 1. The number of benzene rings is 1. The van der Waals surface area contributed by atoms with Crippen molar-refractivity contribution in [3.63, 3.8) is 0 Å². The molecule has 116 valence electrons. The van der Waals surface area contributed by atoms with Crippen molar-refractivity contribution in [2.45, 2.75) is 19.9 Å². The van der Waals surface area contributed by atoms with Crippen molar-refractivity contribution in [2.75, 3.05) is 38.2 Å². The van der Waals surface area contributed by atoms with Crippen LogP contribution in [0.5, 0.6) is 0 Å². The Hall–Kier alpha value is -1.30. The Morgan fingerprint density at radius 2 is 2.14 bits per heavy atom. The third-order valence-electron chi connectivity index (χ3n) is 3.47. The number of halogens is 1. The standard InChI is InChI=1S/C15H22ClN3O2/c1-11-4-3-5-13(16)14(11)18-15(20)17-12(2)10-19-6-8-21-9-7-19/h3-5,12H,6-10H2,1-2H3,(H2,17,18,20)/t12-/m1/s1. The topological polar surface area (TPSA) is 53.6 Å². The highest BCUT2D eigenvalue weighted by Crippen LogP contribution is 2.24. The fourth-order valence-electron chi connectivity index (χ4n) is 2.38. The molecule has 0 aliphatic carbocycles. The van der Waals surface area contributed by atoms with Crippen LogP contribution in [0.3, 0.4) is 0 Å². The summed E-state index contributed by atoms with van der Waals surface area (Å²) in [6, 6.07) is 5.37. The molecule has 0 bridgehead atoms. The number of morpholine rings is 1. The van der Waals surface area contributed by atoms with Gasteiger partial charge in [0, 0.05) is 25.7 Å². The first-order chi connectivity index (χ1) is 10.1. The molecule has 1 aromatic rings. The average molecular weight is 312 g/mol. The largest absolute Gasteiger partial charge is 0.379 e. The fourth-order valence-corrected chi connectivity index (χ4v) is 2.65. The Morgan fingerprint density at radius 1 is 1.43 bits per heavy atom. The summed E-state index contributed by atoms with van der Waals surface area (Å²) < 4.78 is 5.31. The molecule has 0 saturated carbocycles. The van der Waals surface area contributed by atoms with E-state index in [1.165, 1.54) is 0 Å². The van der Waals surface area contributed by atoms with Crippen LogP contribution in [0.2, 0.25) is 5.02 Å². The molecule has 0 spiro atoms. The van der Waals surface area contributed by atoms with Gasteiger partial charge in [-0.1, -0.05) is 23.7 Å². The van der Waals surface area contributed by atoms with E-state index in [9.17, 15) is 4.79 Å². The number of carbonyl (C=O) groups excluding carboxylic acids is 1. The van der Waals surface area contributed by atoms with Crippen LogP contribution in [0.4, 0.5) is 10.5 Å². The predicted octanol–water partition coefficient (Wildman–Crippen LogP) is 2.49. The molecule has 2 amide bonds. The van der Waals surface area contributed by atoms with Gasteiger partial charge in [0.1, 0.15) is 0 Å². The molecule has 1 aliphatic heterocycles. The molecule has 1 atom stereocenters. The third kappa shape index (κ3) is 4.88. The van der Waals surface area contributed by atoms with E-state index < -0.39 is 0 Å². The maximum absolute atomic E-state index is 12.0. The van der Waals surface area contributed by atoms with Crippen molar-refractivity contribution in [3.05, 3.63) is 28.8 Å². The number of hydrogen-bond donors (Lipinski definition) is 2. The molecule has 0 aromatic heterocycles. The Kier molecular flexibility index (Phi) is 5.85. The summed E-state index contributed by atoms with van der Waals surface area (Å²) in [5.74, 6) is 0. The molecule has 6 heteroatoms. The van der Waals surface area contributed by atoms with Crippen LogP contribution in [0, 0.1) is 6.92 Å². The molecule has 0 radical (unpaired) electrons. The third-order valence-corrected chi connectivity index (χ3v) is 3.79. The van der Waals surface area contributed by atoms with Crippen molar-refractivity contribution in [3.8, 4) is 0 Å². The summed E-state index contributed by atoms with van der Waals surface area (Å²) in [5.41, 5.74) is 1.61. The molecule has 1 aromatic carbocycles. The van der Waals surface area contributed by atoms with E-state index >= 15 is 0 Å². The summed E-state index contributed by atoms with van der Waals surface area (Å²) in [7, 11) is 0. The highest BCUT2D eigenvalue weighted by molar-refractivity contribution is 6.33. The highest BCUT2D eigenvalue weighted by atomic mass is 35.5. The first kappa shape index (κ1) is 16.1. The predicted molar refractivity (Wildman–Crippen MR) is 85.1 cm³/mol. The Balaban J connectivity index is 1.83. The molecular formula is C15H22ClN3O2. The number of anilines is 1. The zero-order valence-electron chi connectivity index (χ0n) is 12.5. The van der Waals surface area contributed by atoms with Crippen molar-refractivity contribution >= 4 is 23.3 Å². The minimum atomic E-state index is -0.230. The van der Waals surface area contributed by atoms with Crippen molar-refractivity contribution in [2.24, 2.45) is 0 Å². The van der Waals surface area contributed by atoms with E-state index in [0.29, 0.717) is 10.7 Å². The molecular weight excluding hydrogens is 290 g/mol. The lowest BCUT2D eigenvalue weighted by Gasteiger charge is -2.29. The van der Waals surface area contributed by atoms with Gasteiger partial charge in [-0.05, 0) is 25.5 Å². The number of urea groups is 1. The summed E-state index contributed by atoms with van der Waals surface area (Å²) in [6.45, 7) is 8.08. The van der Waals surface area contributed by atoms with Gasteiger partial charge in [0.05, 0.1) is 23.9 Å². The maximum Gasteiger partial charge on any atom is 0.319 e. The molecule has 1 saturated heterocycles. The molecule has 21 heavy (non-hydrogen) atoms. The van der Waals surface area contributed by atoms with Gasteiger partial charge in [-0.3, -0.25) is 4.90 Å². The second kappa shape index (κ2) is 7.64.